The highest BCUT2D eigenvalue weighted by Gasteiger charge is 2.34. The van der Waals surface area contributed by atoms with Gasteiger partial charge in [0.25, 0.3) is 5.91 Å². The molecule has 1 unspecified atom stereocenters. The molecule has 35 heavy (non-hydrogen) atoms. The number of nitrogens with two attached hydrogens (primary N) is 2. The van der Waals surface area contributed by atoms with Gasteiger partial charge in [-0.1, -0.05) is 31.0 Å². The Hall–Kier alpha value is -2.88. The molecular formula is C25H34F3N5O2. The molecule has 1 atom stereocenters. The standard InChI is InChI=1S/C25H34F3N5O2/c26-25(27,28)20-11-4-3-10-19(20)22(31-16-6-1-2-7-16)15-21(30)24(35)33-18(12-13-29)14-23(34)32-17-8-5-9-17/h3-4,10-11,15-18H,1-2,5-9,12-14,29-30H2,(H,32,34)(H,33,35). The molecule has 3 rings (SSSR count). The average Bonchev–Trinajstić information content (AvgIpc) is 3.28. The molecule has 2 amide bonds. The Labute approximate surface area is 203 Å². The van der Waals surface area contributed by atoms with Gasteiger partial charge in [-0.2, -0.15) is 13.2 Å². The van der Waals surface area contributed by atoms with Crippen molar-refractivity contribution in [3.05, 3.63) is 47.2 Å². The van der Waals surface area contributed by atoms with Crippen LogP contribution in [0, 0.1) is 0 Å². The number of allylic oxidation sites excluding steroid dienone is 1. The highest BCUT2D eigenvalue weighted by Crippen LogP contribution is 2.33. The molecule has 2 aliphatic carbocycles. The fourth-order valence-electron chi connectivity index (χ4n) is 4.34. The summed E-state index contributed by atoms with van der Waals surface area (Å²) in [5.74, 6) is -0.859. The van der Waals surface area contributed by atoms with Gasteiger partial charge in [0.2, 0.25) is 5.91 Å². The lowest BCUT2D eigenvalue weighted by molar-refractivity contribution is -0.137. The summed E-state index contributed by atoms with van der Waals surface area (Å²) in [5, 5.41) is 5.62. The van der Waals surface area contributed by atoms with Gasteiger partial charge in [-0.3, -0.25) is 14.6 Å². The van der Waals surface area contributed by atoms with Gasteiger partial charge in [-0.05, 0) is 57.2 Å². The first kappa shape index (κ1) is 26.7. The number of alkyl halides is 3. The molecule has 1 aromatic carbocycles. The van der Waals surface area contributed by atoms with Crippen LogP contribution in [0.25, 0.3) is 0 Å². The molecule has 0 heterocycles. The number of rotatable bonds is 10. The molecule has 0 bridgehead atoms. The number of halogens is 3. The van der Waals surface area contributed by atoms with Gasteiger partial charge < -0.3 is 22.1 Å². The Morgan fingerprint density at radius 2 is 1.80 bits per heavy atom. The van der Waals surface area contributed by atoms with Gasteiger partial charge >= 0.3 is 6.18 Å². The zero-order valence-corrected chi connectivity index (χ0v) is 19.7. The average molecular weight is 494 g/mol. The van der Waals surface area contributed by atoms with Crippen molar-refractivity contribution >= 4 is 17.5 Å². The van der Waals surface area contributed by atoms with Gasteiger partial charge in [0.15, 0.2) is 0 Å². The molecule has 2 saturated carbocycles. The monoisotopic (exact) mass is 493 g/mol. The van der Waals surface area contributed by atoms with Crippen molar-refractivity contribution in [2.24, 2.45) is 16.5 Å². The molecular weight excluding hydrogens is 459 g/mol. The van der Waals surface area contributed by atoms with Crippen LogP contribution < -0.4 is 22.1 Å². The van der Waals surface area contributed by atoms with E-state index < -0.39 is 23.7 Å². The Bertz CT molecular complexity index is 951. The molecule has 1 aromatic rings. The lowest BCUT2D eigenvalue weighted by Gasteiger charge is -2.27. The molecule has 0 aliphatic heterocycles. The largest absolute Gasteiger partial charge is 0.417 e. The van der Waals surface area contributed by atoms with Crippen LogP contribution in [-0.2, 0) is 15.8 Å². The van der Waals surface area contributed by atoms with Crippen LogP contribution in [0.1, 0.15) is 68.9 Å². The van der Waals surface area contributed by atoms with Crippen molar-refractivity contribution in [3.63, 3.8) is 0 Å². The normalized spacial score (nSPS) is 18.7. The van der Waals surface area contributed by atoms with Crippen molar-refractivity contribution in [3.8, 4) is 0 Å². The topological polar surface area (TPSA) is 123 Å². The predicted octanol–water partition coefficient (Wildman–Crippen LogP) is 3.17. The SMILES string of the molecule is NCCC(CC(=O)NC1CCC1)NC(=O)C(N)=CC(=NC1CCCC1)c1ccccc1C(F)(F)F. The number of benzene rings is 1. The summed E-state index contributed by atoms with van der Waals surface area (Å²) >= 11 is 0. The quantitative estimate of drug-likeness (QED) is 0.295. The fraction of sp³-hybridized carbons (Fsp3) is 0.560. The van der Waals surface area contributed by atoms with Crippen molar-refractivity contribution in [2.75, 3.05) is 6.54 Å². The van der Waals surface area contributed by atoms with E-state index in [9.17, 15) is 22.8 Å². The summed E-state index contributed by atoms with van der Waals surface area (Å²) in [6.45, 7) is 0.249. The third kappa shape index (κ3) is 7.81. The van der Waals surface area contributed by atoms with E-state index >= 15 is 0 Å². The summed E-state index contributed by atoms with van der Waals surface area (Å²) in [7, 11) is 0. The first-order valence-corrected chi connectivity index (χ1v) is 12.2. The van der Waals surface area contributed by atoms with Crippen molar-refractivity contribution in [1.29, 1.82) is 0 Å². The van der Waals surface area contributed by atoms with Gasteiger partial charge in [-0.15, -0.1) is 0 Å². The van der Waals surface area contributed by atoms with Gasteiger partial charge in [0, 0.05) is 24.1 Å². The number of aliphatic imine (C=N–C) groups is 1. The molecule has 0 spiro atoms. The van der Waals surface area contributed by atoms with Gasteiger partial charge in [0.1, 0.15) is 0 Å². The Balaban J connectivity index is 1.80. The molecule has 2 fully saturated rings. The minimum Gasteiger partial charge on any atom is -0.394 e. The van der Waals surface area contributed by atoms with Crippen molar-refractivity contribution < 1.29 is 22.8 Å². The highest BCUT2D eigenvalue weighted by atomic mass is 19.4. The third-order valence-electron chi connectivity index (χ3n) is 6.46. The Morgan fingerprint density at radius 1 is 1.11 bits per heavy atom. The number of hydrogen-bond donors (Lipinski definition) is 4. The number of hydrogen-bond acceptors (Lipinski definition) is 5. The van der Waals surface area contributed by atoms with Crippen LogP contribution in [0.15, 0.2) is 41.0 Å². The van der Waals surface area contributed by atoms with E-state index in [-0.39, 0.29) is 47.9 Å². The second-order valence-electron chi connectivity index (χ2n) is 9.24. The van der Waals surface area contributed by atoms with E-state index in [0.29, 0.717) is 6.42 Å². The van der Waals surface area contributed by atoms with Crippen LogP contribution >= 0.6 is 0 Å². The van der Waals surface area contributed by atoms with Crippen LogP contribution in [0.3, 0.4) is 0 Å². The van der Waals surface area contributed by atoms with E-state index in [1.807, 2.05) is 0 Å². The minimum absolute atomic E-state index is 0.0237. The zero-order chi connectivity index (χ0) is 25.4. The molecule has 0 saturated heterocycles. The Kier molecular flexibility index (Phi) is 9.31. The number of carbonyl (C=O) groups excluding carboxylic acids is 2. The van der Waals surface area contributed by atoms with E-state index in [2.05, 4.69) is 15.6 Å². The maximum Gasteiger partial charge on any atom is 0.417 e. The van der Waals surface area contributed by atoms with Gasteiger partial charge in [-0.25, -0.2) is 0 Å². The van der Waals surface area contributed by atoms with Crippen LogP contribution in [0.5, 0.6) is 0 Å². The first-order valence-electron chi connectivity index (χ1n) is 12.2. The molecule has 7 nitrogen and oxygen atoms in total. The number of nitrogens with one attached hydrogen (secondary N) is 2. The number of amides is 2. The summed E-state index contributed by atoms with van der Waals surface area (Å²) in [6.07, 6.45) is 3.43. The van der Waals surface area contributed by atoms with E-state index in [1.165, 1.54) is 24.3 Å². The fourth-order valence-corrected chi connectivity index (χ4v) is 4.34. The lowest BCUT2D eigenvalue weighted by atomic mass is 9.93. The predicted molar refractivity (Wildman–Crippen MR) is 129 cm³/mol. The molecule has 192 valence electrons. The van der Waals surface area contributed by atoms with Crippen molar-refractivity contribution in [1.82, 2.24) is 10.6 Å². The second kappa shape index (κ2) is 12.2. The zero-order valence-electron chi connectivity index (χ0n) is 19.7. The maximum absolute atomic E-state index is 13.7. The highest BCUT2D eigenvalue weighted by molar-refractivity contribution is 6.13. The Morgan fingerprint density at radius 3 is 2.40 bits per heavy atom. The molecule has 10 heteroatoms. The molecule has 0 radical (unpaired) electrons. The van der Waals surface area contributed by atoms with Crippen LogP contribution in [0.4, 0.5) is 13.2 Å². The maximum atomic E-state index is 13.7. The third-order valence-corrected chi connectivity index (χ3v) is 6.46. The molecule has 0 aromatic heterocycles. The minimum atomic E-state index is -4.59. The summed E-state index contributed by atoms with van der Waals surface area (Å²) in [6, 6.07) is 4.63. The number of carbonyl (C=O) groups is 2. The van der Waals surface area contributed by atoms with E-state index in [1.54, 1.807) is 0 Å². The summed E-state index contributed by atoms with van der Waals surface area (Å²) in [4.78, 5) is 29.7. The van der Waals surface area contributed by atoms with Gasteiger partial charge in [0.05, 0.1) is 23.0 Å². The van der Waals surface area contributed by atoms with Crippen LogP contribution in [-0.4, -0.2) is 42.2 Å². The number of nitrogens with zero attached hydrogens (tertiary/aromatic N) is 1. The smallest absolute Gasteiger partial charge is 0.394 e. The summed E-state index contributed by atoms with van der Waals surface area (Å²) < 4.78 is 41.0. The van der Waals surface area contributed by atoms with Crippen LogP contribution in [0.2, 0.25) is 0 Å². The lowest BCUT2D eigenvalue weighted by Crippen LogP contribution is -2.45. The molecule has 6 N–H and O–H groups in total. The second-order valence-corrected chi connectivity index (χ2v) is 9.24. The summed E-state index contributed by atoms with van der Waals surface area (Å²) in [5.41, 5.74) is 10.5. The first-order chi connectivity index (χ1) is 16.7. The van der Waals surface area contributed by atoms with Crippen molar-refractivity contribution in [2.45, 2.75) is 82.1 Å². The van der Waals surface area contributed by atoms with E-state index in [4.69, 9.17) is 11.5 Å². The molecule has 2 aliphatic rings. The van der Waals surface area contributed by atoms with E-state index in [0.717, 1.165) is 51.0 Å².